The van der Waals surface area contributed by atoms with Crippen LogP contribution in [0.25, 0.3) is 0 Å². The Kier molecular flexibility index (Phi) is 7.25. The maximum Gasteiger partial charge on any atom is 0.315 e. The molecule has 0 aliphatic rings. The number of likely N-dealkylation sites (N-methyl/N-ethyl adjacent to an activating group) is 1. The van der Waals surface area contributed by atoms with Gasteiger partial charge in [0.15, 0.2) is 0 Å². The van der Waals surface area contributed by atoms with E-state index in [1.54, 1.807) is 12.1 Å². The van der Waals surface area contributed by atoms with E-state index in [2.05, 4.69) is 15.5 Å². The molecule has 0 aliphatic heterocycles. The first kappa shape index (κ1) is 17.0. The molecule has 6 heteroatoms. The fourth-order valence-corrected chi connectivity index (χ4v) is 1.84. The molecular weight excluding hydrogens is 270 g/mol. The van der Waals surface area contributed by atoms with Crippen molar-refractivity contribution in [2.75, 3.05) is 26.7 Å². The third kappa shape index (κ3) is 6.76. The van der Waals surface area contributed by atoms with Gasteiger partial charge in [-0.2, -0.15) is 0 Å². The van der Waals surface area contributed by atoms with Gasteiger partial charge < -0.3 is 20.6 Å². The molecule has 0 aromatic heterocycles. The largest absolute Gasteiger partial charge is 0.481 e. The highest BCUT2D eigenvalue weighted by molar-refractivity contribution is 5.76. The molecule has 6 nitrogen and oxygen atoms in total. The number of aliphatic carboxylic acids is 1. The maximum absolute atomic E-state index is 11.8. The summed E-state index contributed by atoms with van der Waals surface area (Å²) in [5, 5.41) is 14.4. The number of carboxylic acid groups (broad SMARTS) is 1. The first-order chi connectivity index (χ1) is 10.0. The van der Waals surface area contributed by atoms with Crippen molar-refractivity contribution in [1.29, 1.82) is 0 Å². The number of nitrogens with one attached hydrogen (secondary N) is 2. The number of benzene rings is 1. The normalized spacial score (nSPS) is 12.0. The van der Waals surface area contributed by atoms with Crippen molar-refractivity contribution >= 4 is 12.0 Å². The van der Waals surface area contributed by atoms with Gasteiger partial charge in [0.05, 0.1) is 12.5 Å². The van der Waals surface area contributed by atoms with Gasteiger partial charge in [-0.1, -0.05) is 37.3 Å². The predicted molar refractivity (Wildman–Crippen MR) is 81.1 cm³/mol. The second-order valence-electron chi connectivity index (χ2n) is 4.86. The summed E-state index contributed by atoms with van der Waals surface area (Å²) < 4.78 is 0. The zero-order chi connectivity index (χ0) is 15.7. The van der Waals surface area contributed by atoms with Crippen molar-refractivity contribution in [3.05, 3.63) is 35.9 Å². The van der Waals surface area contributed by atoms with E-state index in [1.807, 2.05) is 32.2 Å². The third-order valence-corrected chi connectivity index (χ3v) is 3.20. The molecule has 0 radical (unpaired) electrons. The lowest BCUT2D eigenvalue weighted by Gasteiger charge is -2.19. The van der Waals surface area contributed by atoms with Crippen LogP contribution >= 0.6 is 0 Å². The van der Waals surface area contributed by atoms with Crippen molar-refractivity contribution in [2.24, 2.45) is 0 Å². The SMILES string of the molecule is CCN(C)CCNC(=O)NC(CC(=O)O)c1ccccc1. The molecule has 1 atom stereocenters. The van der Waals surface area contributed by atoms with E-state index >= 15 is 0 Å². The van der Waals surface area contributed by atoms with Crippen LogP contribution in [0.2, 0.25) is 0 Å². The molecule has 1 unspecified atom stereocenters. The molecule has 0 spiro atoms. The van der Waals surface area contributed by atoms with Crippen LogP contribution in [-0.4, -0.2) is 48.7 Å². The average molecular weight is 293 g/mol. The van der Waals surface area contributed by atoms with Gasteiger partial charge in [-0.05, 0) is 19.2 Å². The lowest BCUT2D eigenvalue weighted by Crippen LogP contribution is -2.41. The van der Waals surface area contributed by atoms with Crippen LogP contribution in [0.5, 0.6) is 0 Å². The second-order valence-corrected chi connectivity index (χ2v) is 4.86. The van der Waals surface area contributed by atoms with Crippen LogP contribution in [-0.2, 0) is 4.79 Å². The minimum atomic E-state index is -0.949. The smallest absolute Gasteiger partial charge is 0.315 e. The molecule has 116 valence electrons. The molecule has 0 saturated heterocycles. The summed E-state index contributed by atoms with van der Waals surface area (Å²) in [5.74, 6) is -0.949. The predicted octanol–water partition coefficient (Wildman–Crippen LogP) is 1.45. The van der Waals surface area contributed by atoms with Gasteiger partial charge in [-0.25, -0.2) is 4.79 Å². The van der Waals surface area contributed by atoms with Crippen molar-refractivity contribution in [1.82, 2.24) is 15.5 Å². The monoisotopic (exact) mass is 293 g/mol. The number of rotatable bonds is 8. The van der Waals surface area contributed by atoms with E-state index in [-0.39, 0.29) is 12.5 Å². The molecule has 0 aliphatic carbocycles. The highest BCUT2D eigenvalue weighted by atomic mass is 16.4. The quantitative estimate of drug-likeness (QED) is 0.677. The molecule has 0 bridgehead atoms. The molecule has 0 fully saturated rings. The summed E-state index contributed by atoms with van der Waals surface area (Å²) in [6.07, 6.45) is -0.147. The van der Waals surface area contributed by atoms with Crippen LogP contribution in [0, 0.1) is 0 Å². The van der Waals surface area contributed by atoms with E-state index in [9.17, 15) is 9.59 Å². The Labute approximate surface area is 125 Å². The zero-order valence-electron chi connectivity index (χ0n) is 12.5. The van der Waals surface area contributed by atoms with Crippen molar-refractivity contribution < 1.29 is 14.7 Å². The Morgan fingerprint density at radius 1 is 1.29 bits per heavy atom. The molecule has 1 rings (SSSR count). The number of carbonyl (C=O) groups excluding carboxylic acids is 1. The molecule has 21 heavy (non-hydrogen) atoms. The Morgan fingerprint density at radius 2 is 1.95 bits per heavy atom. The average Bonchev–Trinajstić information content (AvgIpc) is 2.46. The number of carbonyl (C=O) groups is 2. The van der Waals surface area contributed by atoms with Crippen molar-refractivity contribution in [3.63, 3.8) is 0 Å². The molecule has 0 heterocycles. The first-order valence-electron chi connectivity index (χ1n) is 7.02. The maximum atomic E-state index is 11.8. The summed E-state index contributed by atoms with van der Waals surface area (Å²) in [7, 11) is 1.97. The lowest BCUT2D eigenvalue weighted by atomic mass is 10.0. The number of hydrogen-bond donors (Lipinski definition) is 3. The Bertz CT molecular complexity index is 451. The van der Waals surface area contributed by atoms with Gasteiger partial charge in [0.25, 0.3) is 0 Å². The molecule has 0 saturated carbocycles. The van der Waals surface area contributed by atoms with E-state index in [4.69, 9.17) is 5.11 Å². The number of urea groups is 1. The summed E-state index contributed by atoms with van der Waals surface area (Å²) >= 11 is 0. The number of nitrogens with zero attached hydrogens (tertiary/aromatic N) is 1. The number of amides is 2. The van der Waals surface area contributed by atoms with E-state index in [1.165, 1.54) is 0 Å². The molecule has 3 N–H and O–H groups in total. The van der Waals surface area contributed by atoms with E-state index in [0.29, 0.717) is 6.54 Å². The fourth-order valence-electron chi connectivity index (χ4n) is 1.84. The Balaban J connectivity index is 2.53. The van der Waals surface area contributed by atoms with Gasteiger partial charge in [0.2, 0.25) is 0 Å². The highest BCUT2D eigenvalue weighted by Crippen LogP contribution is 2.16. The summed E-state index contributed by atoms with van der Waals surface area (Å²) in [6, 6.07) is 8.21. The molecular formula is C15H23N3O3. The second kappa shape index (κ2) is 8.97. The fraction of sp³-hybridized carbons (Fsp3) is 0.467. The van der Waals surface area contributed by atoms with E-state index in [0.717, 1.165) is 18.7 Å². The number of hydrogen-bond acceptors (Lipinski definition) is 3. The minimum absolute atomic E-state index is 0.147. The van der Waals surface area contributed by atoms with Gasteiger partial charge in [-0.15, -0.1) is 0 Å². The standard InChI is InChI=1S/C15H23N3O3/c1-3-18(2)10-9-16-15(21)17-13(11-14(19)20)12-7-5-4-6-8-12/h4-8,13H,3,9-11H2,1-2H3,(H,19,20)(H2,16,17,21). The van der Waals surface area contributed by atoms with E-state index < -0.39 is 12.0 Å². The minimum Gasteiger partial charge on any atom is -0.481 e. The van der Waals surface area contributed by atoms with Crippen molar-refractivity contribution in [2.45, 2.75) is 19.4 Å². The van der Waals surface area contributed by atoms with Gasteiger partial charge in [-0.3, -0.25) is 4.79 Å². The zero-order valence-corrected chi connectivity index (χ0v) is 12.5. The van der Waals surface area contributed by atoms with Crippen LogP contribution < -0.4 is 10.6 Å². The summed E-state index contributed by atoms with van der Waals surface area (Å²) in [4.78, 5) is 24.8. The van der Waals surface area contributed by atoms with Gasteiger partial charge in [0.1, 0.15) is 0 Å². The Hall–Kier alpha value is -2.08. The van der Waals surface area contributed by atoms with Gasteiger partial charge in [0, 0.05) is 13.1 Å². The van der Waals surface area contributed by atoms with Crippen LogP contribution in [0.1, 0.15) is 24.9 Å². The van der Waals surface area contributed by atoms with Crippen LogP contribution in [0.4, 0.5) is 4.79 Å². The highest BCUT2D eigenvalue weighted by Gasteiger charge is 2.17. The topological polar surface area (TPSA) is 81.7 Å². The third-order valence-electron chi connectivity index (χ3n) is 3.20. The van der Waals surface area contributed by atoms with Crippen LogP contribution in [0.15, 0.2) is 30.3 Å². The first-order valence-corrected chi connectivity index (χ1v) is 7.02. The lowest BCUT2D eigenvalue weighted by molar-refractivity contribution is -0.137. The molecule has 1 aromatic rings. The van der Waals surface area contributed by atoms with Crippen LogP contribution in [0.3, 0.4) is 0 Å². The molecule has 2 amide bonds. The Morgan fingerprint density at radius 3 is 2.52 bits per heavy atom. The molecule has 1 aromatic carbocycles. The number of carboxylic acids is 1. The van der Waals surface area contributed by atoms with Gasteiger partial charge >= 0.3 is 12.0 Å². The summed E-state index contributed by atoms with van der Waals surface area (Å²) in [6.45, 7) is 4.22. The summed E-state index contributed by atoms with van der Waals surface area (Å²) in [5.41, 5.74) is 0.778. The van der Waals surface area contributed by atoms with Crippen molar-refractivity contribution in [3.8, 4) is 0 Å².